The lowest BCUT2D eigenvalue weighted by Gasteiger charge is -2.46. The fourth-order valence-electron chi connectivity index (χ4n) is 3.17. The maximum Gasteiger partial charge on any atom is 0.236 e. The summed E-state index contributed by atoms with van der Waals surface area (Å²) in [7, 11) is 0. The van der Waals surface area contributed by atoms with Crippen molar-refractivity contribution >= 4 is 11.7 Å². The molecule has 0 bridgehead atoms. The Balaban J connectivity index is 2.18. The van der Waals surface area contributed by atoms with Gasteiger partial charge in [-0.1, -0.05) is 25.9 Å². The third-order valence-corrected chi connectivity index (χ3v) is 4.21. The van der Waals surface area contributed by atoms with Crippen LogP contribution in [0.25, 0.3) is 0 Å². The standard InChI is InChI=1S/C14H25N3O2/c1-9(2)8-17(11-4-5-11)13(18)14(12(15)16-19)6-10(3)7-14/h9-11,19H,4-8H2,1-3H3,(H2,15,16). The molecule has 0 aromatic heterocycles. The number of carbonyl (C=O) groups is 1. The van der Waals surface area contributed by atoms with Gasteiger partial charge in [0.1, 0.15) is 5.41 Å². The maximum absolute atomic E-state index is 12.9. The monoisotopic (exact) mass is 267 g/mol. The van der Waals surface area contributed by atoms with E-state index in [-0.39, 0.29) is 11.7 Å². The second-order valence-corrected chi connectivity index (χ2v) is 6.66. The molecule has 2 aliphatic carbocycles. The van der Waals surface area contributed by atoms with Crippen LogP contribution in [0.1, 0.15) is 46.5 Å². The molecular formula is C14H25N3O2. The van der Waals surface area contributed by atoms with E-state index < -0.39 is 5.41 Å². The lowest BCUT2D eigenvalue weighted by Crippen LogP contribution is -2.58. The molecule has 2 aliphatic rings. The number of oxime groups is 1. The summed E-state index contributed by atoms with van der Waals surface area (Å²) in [6.07, 6.45) is 3.56. The second kappa shape index (κ2) is 5.02. The largest absolute Gasteiger partial charge is 0.409 e. The van der Waals surface area contributed by atoms with Crippen LogP contribution in [0.15, 0.2) is 5.16 Å². The lowest BCUT2D eigenvalue weighted by molar-refractivity contribution is -0.145. The van der Waals surface area contributed by atoms with E-state index in [9.17, 15) is 4.79 Å². The van der Waals surface area contributed by atoms with Gasteiger partial charge in [-0.3, -0.25) is 4.79 Å². The van der Waals surface area contributed by atoms with Crippen molar-refractivity contribution in [3.63, 3.8) is 0 Å². The van der Waals surface area contributed by atoms with Crippen molar-refractivity contribution in [3.05, 3.63) is 0 Å². The fourth-order valence-corrected chi connectivity index (χ4v) is 3.17. The predicted octanol–water partition coefficient (Wildman–Crippen LogP) is 1.80. The topological polar surface area (TPSA) is 78.9 Å². The molecule has 2 saturated carbocycles. The molecule has 0 aromatic rings. The quantitative estimate of drug-likeness (QED) is 0.345. The summed E-state index contributed by atoms with van der Waals surface area (Å²) in [4.78, 5) is 14.8. The van der Waals surface area contributed by atoms with Gasteiger partial charge in [-0.15, -0.1) is 0 Å². The van der Waals surface area contributed by atoms with Crippen molar-refractivity contribution in [2.45, 2.75) is 52.5 Å². The predicted molar refractivity (Wildman–Crippen MR) is 73.8 cm³/mol. The average Bonchev–Trinajstić information content (AvgIpc) is 3.13. The Labute approximate surface area is 114 Å². The van der Waals surface area contributed by atoms with E-state index in [1.807, 2.05) is 4.90 Å². The molecule has 0 saturated heterocycles. The van der Waals surface area contributed by atoms with E-state index in [4.69, 9.17) is 10.9 Å². The zero-order valence-corrected chi connectivity index (χ0v) is 12.1. The van der Waals surface area contributed by atoms with E-state index in [0.29, 0.717) is 30.7 Å². The third kappa shape index (κ3) is 2.55. The van der Waals surface area contributed by atoms with Gasteiger partial charge in [-0.25, -0.2) is 0 Å². The Morgan fingerprint density at radius 2 is 2.05 bits per heavy atom. The normalized spacial score (nSPS) is 31.2. The molecule has 5 heteroatoms. The third-order valence-electron chi connectivity index (χ3n) is 4.21. The van der Waals surface area contributed by atoms with E-state index in [2.05, 4.69) is 25.9 Å². The molecule has 0 aliphatic heterocycles. The van der Waals surface area contributed by atoms with Gasteiger partial charge in [0, 0.05) is 12.6 Å². The van der Waals surface area contributed by atoms with Crippen LogP contribution in [0.4, 0.5) is 0 Å². The van der Waals surface area contributed by atoms with Crippen molar-refractivity contribution in [1.29, 1.82) is 0 Å². The molecule has 1 amide bonds. The zero-order chi connectivity index (χ0) is 14.2. The molecule has 0 atom stereocenters. The molecule has 0 aromatic carbocycles. The first-order valence-electron chi connectivity index (χ1n) is 7.19. The van der Waals surface area contributed by atoms with Crippen LogP contribution in [-0.4, -0.2) is 34.4 Å². The number of hydrogen-bond donors (Lipinski definition) is 2. The number of nitrogens with two attached hydrogens (primary N) is 1. The Kier molecular flexibility index (Phi) is 3.74. The molecule has 0 radical (unpaired) electrons. The molecule has 0 unspecified atom stereocenters. The number of rotatable bonds is 5. The highest BCUT2D eigenvalue weighted by Gasteiger charge is 2.55. The molecule has 108 valence electrons. The minimum absolute atomic E-state index is 0.0668. The van der Waals surface area contributed by atoms with Crippen LogP contribution in [-0.2, 0) is 4.79 Å². The number of amidine groups is 1. The summed E-state index contributed by atoms with van der Waals surface area (Å²) in [6, 6.07) is 0.370. The van der Waals surface area contributed by atoms with Gasteiger partial charge < -0.3 is 15.8 Å². The summed E-state index contributed by atoms with van der Waals surface area (Å²) in [6.45, 7) is 7.09. The van der Waals surface area contributed by atoms with Gasteiger partial charge in [0.05, 0.1) is 0 Å². The molecule has 2 fully saturated rings. The van der Waals surface area contributed by atoms with Gasteiger partial charge in [-0.05, 0) is 37.5 Å². The van der Waals surface area contributed by atoms with Gasteiger partial charge in [0.15, 0.2) is 5.84 Å². The van der Waals surface area contributed by atoms with E-state index >= 15 is 0 Å². The van der Waals surface area contributed by atoms with Gasteiger partial charge in [0.2, 0.25) is 5.91 Å². The number of nitrogens with zero attached hydrogens (tertiary/aromatic N) is 2. The molecule has 0 spiro atoms. The van der Waals surface area contributed by atoms with Gasteiger partial charge >= 0.3 is 0 Å². The maximum atomic E-state index is 12.9. The Morgan fingerprint density at radius 1 is 1.47 bits per heavy atom. The van der Waals surface area contributed by atoms with Crippen molar-refractivity contribution in [2.24, 2.45) is 28.1 Å². The molecular weight excluding hydrogens is 242 g/mol. The smallest absolute Gasteiger partial charge is 0.236 e. The summed E-state index contributed by atoms with van der Waals surface area (Å²) < 4.78 is 0. The van der Waals surface area contributed by atoms with Crippen molar-refractivity contribution < 1.29 is 10.0 Å². The van der Waals surface area contributed by atoms with E-state index in [1.54, 1.807) is 0 Å². The Hall–Kier alpha value is -1.26. The molecule has 19 heavy (non-hydrogen) atoms. The number of amides is 1. The fraction of sp³-hybridized carbons (Fsp3) is 0.857. The molecule has 3 N–H and O–H groups in total. The van der Waals surface area contributed by atoms with Crippen LogP contribution >= 0.6 is 0 Å². The second-order valence-electron chi connectivity index (χ2n) is 6.66. The van der Waals surface area contributed by atoms with E-state index in [1.165, 1.54) is 0 Å². The highest BCUT2D eigenvalue weighted by molar-refractivity contribution is 6.07. The summed E-state index contributed by atoms with van der Waals surface area (Å²) in [5, 5.41) is 12.1. The number of carbonyl (C=O) groups excluding carboxylic acids is 1. The van der Waals surface area contributed by atoms with Gasteiger partial charge in [-0.2, -0.15) is 0 Å². The summed E-state index contributed by atoms with van der Waals surface area (Å²) in [5.41, 5.74) is 5.07. The Bertz CT molecular complexity index is 382. The minimum atomic E-state index is -0.744. The van der Waals surface area contributed by atoms with Crippen LogP contribution in [0.5, 0.6) is 0 Å². The molecule has 5 nitrogen and oxygen atoms in total. The minimum Gasteiger partial charge on any atom is -0.409 e. The van der Waals surface area contributed by atoms with Crippen molar-refractivity contribution in [2.75, 3.05) is 6.54 Å². The number of hydrogen-bond acceptors (Lipinski definition) is 3. The van der Waals surface area contributed by atoms with E-state index in [0.717, 1.165) is 19.4 Å². The molecule has 0 heterocycles. The van der Waals surface area contributed by atoms with Crippen LogP contribution in [0, 0.1) is 17.3 Å². The summed E-state index contributed by atoms with van der Waals surface area (Å²) in [5.74, 6) is 1.05. The van der Waals surface area contributed by atoms with Crippen LogP contribution in [0.2, 0.25) is 0 Å². The SMILES string of the molecule is CC(C)CN(C(=O)C1(C(N)=NO)CC(C)C1)C1CC1. The van der Waals surface area contributed by atoms with Crippen molar-refractivity contribution in [1.82, 2.24) is 4.90 Å². The first-order chi connectivity index (χ1) is 8.90. The zero-order valence-electron chi connectivity index (χ0n) is 12.1. The first kappa shape index (κ1) is 14.2. The van der Waals surface area contributed by atoms with Gasteiger partial charge in [0.25, 0.3) is 0 Å². The lowest BCUT2D eigenvalue weighted by atomic mass is 9.61. The highest BCUT2D eigenvalue weighted by Crippen LogP contribution is 2.48. The van der Waals surface area contributed by atoms with Crippen LogP contribution < -0.4 is 5.73 Å². The highest BCUT2D eigenvalue weighted by atomic mass is 16.4. The van der Waals surface area contributed by atoms with Crippen molar-refractivity contribution in [3.8, 4) is 0 Å². The first-order valence-corrected chi connectivity index (χ1v) is 7.19. The molecule has 2 rings (SSSR count). The average molecular weight is 267 g/mol. The van der Waals surface area contributed by atoms with Crippen LogP contribution in [0.3, 0.4) is 0 Å². The Morgan fingerprint density at radius 3 is 2.42 bits per heavy atom. The summed E-state index contributed by atoms with van der Waals surface area (Å²) >= 11 is 0.